The highest BCUT2D eigenvalue weighted by Crippen LogP contribution is 2.19. The molecule has 0 saturated carbocycles. The third-order valence-electron chi connectivity index (χ3n) is 3.92. The molecule has 8 nitrogen and oxygen atoms in total. The number of thiol groups is 1. The molecule has 1 fully saturated rings. The number of aliphatic carboxylic acids is 1. The number of carboxylic acid groups (broad SMARTS) is 1. The number of nitrogens with zero attached hydrogens (tertiary/aromatic N) is 1. The smallest absolute Gasteiger partial charge is 0.326 e. The topological polar surface area (TPSA) is 139 Å². The second-order valence-electron chi connectivity index (χ2n) is 5.66. The van der Waals surface area contributed by atoms with Crippen LogP contribution in [-0.2, 0) is 14.4 Å². The molecule has 0 spiro atoms. The molecule has 0 bridgehead atoms. The number of likely N-dealkylation sites (tertiary alicyclic amines) is 1. The molecule has 0 unspecified atom stereocenters. The summed E-state index contributed by atoms with van der Waals surface area (Å²) in [6.45, 7) is 0.879. The van der Waals surface area contributed by atoms with E-state index in [1.807, 2.05) is 0 Å². The van der Waals surface area contributed by atoms with Gasteiger partial charge in [0.25, 0.3) is 0 Å². The van der Waals surface area contributed by atoms with Gasteiger partial charge < -0.3 is 26.8 Å². The highest BCUT2D eigenvalue weighted by atomic mass is 32.1. The zero-order valence-corrected chi connectivity index (χ0v) is 14.0. The quantitative estimate of drug-likeness (QED) is 0.266. The van der Waals surface area contributed by atoms with Crippen molar-refractivity contribution >= 4 is 30.4 Å². The van der Waals surface area contributed by atoms with Crippen molar-refractivity contribution in [1.82, 2.24) is 10.2 Å². The Balaban J connectivity index is 2.78. The first-order chi connectivity index (χ1) is 10.9. The molecule has 0 aliphatic carbocycles. The number of hydrogen-bond acceptors (Lipinski definition) is 6. The number of rotatable bonds is 9. The number of amides is 2. The van der Waals surface area contributed by atoms with Crippen molar-refractivity contribution in [2.45, 2.75) is 50.2 Å². The maximum atomic E-state index is 12.7. The number of carbonyl (C=O) groups is 3. The molecule has 1 heterocycles. The van der Waals surface area contributed by atoms with Gasteiger partial charge in [-0.25, -0.2) is 4.79 Å². The van der Waals surface area contributed by atoms with Gasteiger partial charge >= 0.3 is 5.97 Å². The summed E-state index contributed by atoms with van der Waals surface area (Å²) in [5.41, 5.74) is 11.1. The molecule has 1 saturated heterocycles. The minimum absolute atomic E-state index is 0.164. The Hall–Kier alpha value is -1.32. The van der Waals surface area contributed by atoms with E-state index in [1.54, 1.807) is 0 Å². The van der Waals surface area contributed by atoms with E-state index in [1.165, 1.54) is 4.90 Å². The average Bonchev–Trinajstić information content (AvgIpc) is 3.02. The molecule has 3 atom stereocenters. The Kier molecular flexibility index (Phi) is 8.35. The standard InChI is InChI=1S/C14H26N4O4S/c15-6-2-1-4-10(17-12(19)9(16)8-23)13(20)18-7-3-5-11(18)14(21)22/h9-11,23H,1-8,15-16H2,(H,17,19)(H,21,22)/t9-,10-,11+/m0/s1. The van der Waals surface area contributed by atoms with Crippen LogP contribution >= 0.6 is 12.6 Å². The molecule has 9 heteroatoms. The van der Waals surface area contributed by atoms with Gasteiger partial charge in [0.05, 0.1) is 6.04 Å². The van der Waals surface area contributed by atoms with Gasteiger partial charge in [-0.2, -0.15) is 12.6 Å². The van der Waals surface area contributed by atoms with Gasteiger partial charge in [0, 0.05) is 12.3 Å². The second-order valence-corrected chi connectivity index (χ2v) is 6.03. The number of nitrogens with two attached hydrogens (primary N) is 2. The normalized spacial score (nSPS) is 20.1. The maximum Gasteiger partial charge on any atom is 0.326 e. The lowest BCUT2D eigenvalue weighted by molar-refractivity contribution is -0.149. The van der Waals surface area contributed by atoms with Gasteiger partial charge in [-0.1, -0.05) is 0 Å². The summed E-state index contributed by atoms with van der Waals surface area (Å²) in [4.78, 5) is 37.2. The summed E-state index contributed by atoms with van der Waals surface area (Å²) in [7, 11) is 0. The number of carbonyl (C=O) groups excluding carboxylic acids is 2. The van der Waals surface area contributed by atoms with E-state index in [0.29, 0.717) is 38.8 Å². The van der Waals surface area contributed by atoms with Crippen molar-refractivity contribution in [3.63, 3.8) is 0 Å². The van der Waals surface area contributed by atoms with Crippen LogP contribution in [0.2, 0.25) is 0 Å². The van der Waals surface area contributed by atoms with Crippen molar-refractivity contribution in [2.75, 3.05) is 18.8 Å². The first-order valence-electron chi connectivity index (χ1n) is 7.82. The van der Waals surface area contributed by atoms with Crippen LogP contribution in [0.1, 0.15) is 32.1 Å². The number of carboxylic acids is 1. The van der Waals surface area contributed by atoms with Crippen molar-refractivity contribution in [3.05, 3.63) is 0 Å². The molecule has 1 rings (SSSR count). The molecular weight excluding hydrogens is 320 g/mol. The summed E-state index contributed by atoms with van der Waals surface area (Å²) in [5.74, 6) is -1.68. The minimum Gasteiger partial charge on any atom is -0.480 e. The number of hydrogen-bond donors (Lipinski definition) is 5. The summed E-state index contributed by atoms with van der Waals surface area (Å²) >= 11 is 3.97. The molecule has 1 aliphatic heterocycles. The zero-order valence-electron chi connectivity index (χ0n) is 13.1. The molecule has 132 valence electrons. The Labute approximate surface area is 141 Å². The van der Waals surface area contributed by atoms with E-state index in [0.717, 1.165) is 6.42 Å². The van der Waals surface area contributed by atoms with Crippen LogP contribution in [0.15, 0.2) is 0 Å². The van der Waals surface area contributed by atoms with E-state index in [4.69, 9.17) is 11.5 Å². The number of unbranched alkanes of at least 4 members (excludes halogenated alkanes) is 1. The van der Waals surface area contributed by atoms with Crippen LogP contribution < -0.4 is 16.8 Å². The Morgan fingerprint density at radius 1 is 1.35 bits per heavy atom. The Bertz CT molecular complexity index is 435. The van der Waals surface area contributed by atoms with Crippen LogP contribution in [0.5, 0.6) is 0 Å². The van der Waals surface area contributed by atoms with Gasteiger partial charge in [-0.05, 0) is 38.6 Å². The summed E-state index contributed by atoms with van der Waals surface area (Å²) in [6.07, 6.45) is 2.86. The summed E-state index contributed by atoms with van der Waals surface area (Å²) in [6, 6.07) is -2.41. The molecular formula is C14H26N4O4S. The molecule has 0 radical (unpaired) electrons. The Morgan fingerprint density at radius 3 is 2.61 bits per heavy atom. The van der Waals surface area contributed by atoms with E-state index in [9.17, 15) is 19.5 Å². The SMILES string of the molecule is NCCCC[C@H](NC(=O)[C@@H](N)CS)C(=O)N1CCC[C@@H]1C(=O)O. The largest absolute Gasteiger partial charge is 0.480 e. The highest BCUT2D eigenvalue weighted by molar-refractivity contribution is 7.80. The second kappa shape index (κ2) is 9.74. The average molecular weight is 346 g/mol. The van der Waals surface area contributed by atoms with Crippen LogP contribution in [0.4, 0.5) is 0 Å². The predicted octanol–water partition coefficient (Wildman–Crippen LogP) is -1.07. The van der Waals surface area contributed by atoms with E-state index >= 15 is 0 Å². The molecule has 23 heavy (non-hydrogen) atoms. The molecule has 0 aromatic carbocycles. The Morgan fingerprint density at radius 2 is 2.04 bits per heavy atom. The minimum atomic E-state index is -1.02. The van der Waals surface area contributed by atoms with Crippen LogP contribution in [0, 0.1) is 0 Å². The van der Waals surface area contributed by atoms with Crippen molar-refractivity contribution < 1.29 is 19.5 Å². The molecule has 2 amide bonds. The first-order valence-corrected chi connectivity index (χ1v) is 8.45. The van der Waals surface area contributed by atoms with Crippen LogP contribution in [0.3, 0.4) is 0 Å². The maximum absolute atomic E-state index is 12.7. The lowest BCUT2D eigenvalue weighted by Crippen LogP contribution is -2.54. The van der Waals surface area contributed by atoms with Crippen LogP contribution in [-0.4, -0.2) is 64.8 Å². The van der Waals surface area contributed by atoms with Crippen molar-refractivity contribution in [2.24, 2.45) is 11.5 Å². The fourth-order valence-electron chi connectivity index (χ4n) is 2.60. The molecule has 6 N–H and O–H groups in total. The molecule has 0 aromatic rings. The van der Waals surface area contributed by atoms with Crippen molar-refractivity contribution in [1.29, 1.82) is 0 Å². The lowest BCUT2D eigenvalue weighted by Gasteiger charge is -2.28. The van der Waals surface area contributed by atoms with Gasteiger partial charge in [0.15, 0.2) is 0 Å². The van der Waals surface area contributed by atoms with E-state index in [2.05, 4.69) is 17.9 Å². The molecule has 1 aliphatic rings. The van der Waals surface area contributed by atoms with Gasteiger partial charge in [0.1, 0.15) is 12.1 Å². The van der Waals surface area contributed by atoms with E-state index < -0.39 is 30.0 Å². The first kappa shape index (κ1) is 19.7. The third kappa shape index (κ3) is 5.67. The monoisotopic (exact) mass is 346 g/mol. The van der Waals surface area contributed by atoms with Crippen molar-refractivity contribution in [3.8, 4) is 0 Å². The zero-order chi connectivity index (χ0) is 17.4. The fourth-order valence-corrected chi connectivity index (χ4v) is 2.77. The van der Waals surface area contributed by atoms with Gasteiger partial charge in [0.2, 0.25) is 11.8 Å². The number of nitrogens with one attached hydrogen (secondary N) is 1. The summed E-state index contributed by atoms with van der Waals surface area (Å²) in [5, 5.41) is 11.8. The summed E-state index contributed by atoms with van der Waals surface area (Å²) < 4.78 is 0. The van der Waals surface area contributed by atoms with Crippen LogP contribution in [0.25, 0.3) is 0 Å². The highest BCUT2D eigenvalue weighted by Gasteiger charge is 2.37. The van der Waals surface area contributed by atoms with Gasteiger partial charge in [-0.3, -0.25) is 9.59 Å². The lowest BCUT2D eigenvalue weighted by atomic mass is 10.1. The van der Waals surface area contributed by atoms with E-state index in [-0.39, 0.29) is 11.7 Å². The molecule has 0 aromatic heterocycles. The fraction of sp³-hybridized carbons (Fsp3) is 0.786. The third-order valence-corrected chi connectivity index (χ3v) is 4.31. The predicted molar refractivity (Wildman–Crippen MR) is 89.0 cm³/mol. The van der Waals surface area contributed by atoms with Gasteiger partial charge in [-0.15, -0.1) is 0 Å².